The maximum Gasteiger partial charge on any atom is 0.256 e. The molecular formula is C17H20FNO2. The summed E-state index contributed by atoms with van der Waals surface area (Å²) in [4.78, 5) is 14.0. The molecule has 1 aliphatic rings. The Morgan fingerprint density at radius 3 is 2.76 bits per heavy atom. The zero-order valence-electron chi connectivity index (χ0n) is 12.2. The highest BCUT2D eigenvalue weighted by Gasteiger charge is 2.23. The van der Waals surface area contributed by atoms with Gasteiger partial charge in [0.1, 0.15) is 5.82 Å². The van der Waals surface area contributed by atoms with Crippen molar-refractivity contribution in [3.8, 4) is 11.8 Å². The topological polar surface area (TPSA) is 40.5 Å². The number of rotatable bonds is 2. The molecular weight excluding hydrogens is 269 g/mol. The van der Waals surface area contributed by atoms with Gasteiger partial charge in [-0.25, -0.2) is 4.39 Å². The van der Waals surface area contributed by atoms with E-state index in [1.54, 1.807) is 11.0 Å². The molecule has 1 N–H and O–H groups in total. The molecule has 0 radical (unpaired) electrons. The number of amides is 1. The van der Waals surface area contributed by atoms with E-state index in [-0.39, 0.29) is 18.1 Å². The van der Waals surface area contributed by atoms with Crippen molar-refractivity contribution in [3.63, 3.8) is 0 Å². The van der Waals surface area contributed by atoms with Crippen molar-refractivity contribution in [2.24, 2.45) is 5.92 Å². The second-order valence-corrected chi connectivity index (χ2v) is 5.44. The summed E-state index contributed by atoms with van der Waals surface area (Å²) in [5, 5.41) is 8.65. The highest BCUT2D eigenvalue weighted by Crippen LogP contribution is 2.19. The van der Waals surface area contributed by atoms with Crippen LogP contribution in [-0.2, 0) is 0 Å². The average Bonchev–Trinajstić information content (AvgIpc) is 2.48. The SMILES string of the molecule is CC1CCN(C(=O)c2ccc(C#CCCO)cc2F)CC1. The largest absolute Gasteiger partial charge is 0.395 e. The summed E-state index contributed by atoms with van der Waals surface area (Å²) in [5.41, 5.74) is 0.627. The molecule has 2 rings (SSSR count). The number of carbonyl (C=O) groups excluding carboxylic acids is 1. The van der Waals surface area contributed by atoms with Gasteiger partial charge in [0.15, 0.2) is 0 Å². The van der Waals surface area contributed by atoms with Crippen molar-refractivity contribution in [1.82, 2.24) is 4.90 Å². The number of carbonyl (C=O) groups is 1. The van der Waals surface area contributed by atoms with E-state index in [0.717, 1.165) is 12.8 Å². The first-order valence-corrected chi connectivity index (χ1v) is 7.30. The smallest absolute Gasteiger partial charge is 0.256 e. The third kappa shape index (κ3) is 4.05. The summed E-state index contributed by atoms with van der Waals surface area (Å²) in [6, 6.07) is 4.43. The zero-order valence-corrected chi connectivity index (χ0v) is 12.2. The molecule has 0 aromatic heterocycles. The zero-order chi connectivity index (χ0) is 15.2. The van der Waals surface area contributed by atoms with Crippen molar-refractivity contribution >= 4 is 5.91 Å². The normalized spacial score (nSPS) is 15.5. The van der Waals surface area contributed by atoms with Crippen LogP contribution in [-0.4, -0.2) is 35.6 Å². The molecule has 1 aliphatic heterocycles. The van der Waals surface area contributed by atoms with Crippen molar-refractivity contribution in [1.29, 1.82) is 0 Å². The number of halogens is 1. The number of aliphatic hydroxyl groups excluding tert-OH is 1. The molecule has 1 aromatic carbocycles. The van der Waals surface area contributed by atoms with E-state index in [4.69, 9.17) is 5.11 Å². The molecule has 0 aliphatic carbocycles. The molecule has 0 spiro atoms. The second kappa shape index (κ2) is 7.24. The molecule has 1 amide bonds. The number of likely N-dealkylation sites (tertiary alicyclic amines) is 1. The van der Waals surface area contributed by atoms with Crippen LogP contribution >= 0.6 is 0 Å². The second-order valence-electron chi connectivity index (χ2n) is 5.44. The first-order valence-electron chi connectivity index (χ1n) is 7.30. The van der Waals surface area contributed by atoms with Crippen LogP contribution in [0.15, 0.2) is 18.2 Å². The van der Waals surface area contributed by atoms with Crippen molar-refractivity contribution in [2.75, 3.05) is 19.7 Å². The minimum absolute atomic E-state index is 0.0145. The van der Waals surface area contributed by atoms with Gasteiger partial charge in [0.2, 0.25) is 0 Å². The molecule has 0 bridgehead atoms. The highest BCUT2D eigenvalue weighted by molar-refractivity contribution is 5.94. The monoisotopic (exact) mass is 289 g/mol. The van der Waals surface area contributed by atoms with Gasteiger partial charge in [-0.1, -0.05) is 18.8 Å². The Morgan fingerprint density at radius 2 is 2.14 bits per heavy atom. The van der Waals surface area contributed by atoms with Crippen molar-refractivity contribution in [3.05, 3.63) is 35.1 Å². The molecule has 112 valence electrons. The fourth-order valence-electron chi connectivity index (χ4n) is 2.37. The lowest BCUT2D eigenvalue weighted by Gasteiger charge is -2.30. The Hall–Kier alpha value is -1.86. The maximum absolute atomic E-state index is 14.1. The van der Waals surface area contributed by atoms with E-state index in [9.17, 15) is 9.18 Å². The lowest BCUT2D eigenvalue weighted by Crippen LogP contribution is -2.38. The van der Waals surface area contributed by atoms with E-state index in [1.807, 2.05) is 0 Å². The first kappa shape index (κ1) is 15.5. The number of nitrogens with zero attached hydrogens (tertiary/aromatic N) is 1. The lowest BCUT2D eigenvalue weighted by molar-refractivity contribution is 0.0692. The number of aliphatic hydroxyl groups is 1. The van der Waals surface area contributed by atoms with Crippen LogP contribution in [0.3, 0.4) is 0 Å². The predicted molar refractivity (Wildman–Crippen MR) is 79.3 cm³/mol. The third-order valence-electron chi connectivity index (χ3n) is 3.74. The summed E-state index contributed by atoms with van der Waals surface area (Å²) in [5.74, 6) is 5.35. The average molecular weight is 289 g/mol. The fraction of sp³-hybridized carbons (Fsp3) is 0.471. The maximum atomic E-state index is 14.1. The summed E-state index contributed by atoms with van der Waals surface area (Å²) in [6.45, 7) is 3.54. The van der Waals surface area contributed by atoms with Crippen molar-refractivity contribution < 1.29 is 14.3 Å². The van der Waals surface area contributed by atoms with Crippen LogP contribution < -0.4 is 0 Å². The Kier molecular flexibility index (Phi) is 5.35. The van der Waals surface area contributed by atoms with Gasteiger partial charge in [0.05, 0.1) is 12.2 Å². The summed E-state index contributed by atoms with van der Waals surface area (Å²) in [7, 11) is 0. The fourth-order valence-corrected chi connectivity index (χ4v) is 2.37. The summed E-state index contributed by atoms with van der Waals surface area (Å²) < 4.78 is 14.1. The van der Waals surface area contributed by atoms with Gasteiger partial charge in [-0.2, -0.15) is 0 Å². The number of benzene rings is 1. The molecule has 4 heteroatoms. The van der Waals surface area contributed by atoms with Crippen LogP contribution in [0.2, 0.25) is 0 Å². The van der Waals surface area contributed by atoms with Gasteiger partial charge in [-0.15, -0.1) is 0 Å². The Bertz CT molecular complexity index is 566. The van der Waals surface area contributed by atoms with Crippen LogP contribution in [0.4, 0.5) is 4.39 Å². The molecule has 3 nitrogen and oxygen atoms in total. The quantitative estimate of drug-likeness (QED) is 0.850. The first-order chi connectivity index (χ1) is 10.1. The molecule has 21 heavy (non-hydrogen) atoms. The molecule has 1 heterocycles. The van der Waals surface area contributed by atoms with E-state index < -0.39 is 5.82 Å². The number of hydrogen-bond acceptors (Lipinski definition) is 2. The van der Waals surface area contributed by atoms with E-state index in [2.05, 4.69) is 18.8 Å². The van der Waals surface area contributed by atoms with Gasteiger partial charge in [-0.3, -0.25) is 4.79 Å². The lowest BCUT2D eigenvalue weighted by atomic mass is 9.98. The van der Waals surface area contributed by atoms with E-state index in [0.29, 0.717) is 31.0 Å². The van der Waals surface area contributed by atoms with Gasteiger partial charge < -0.3 is 10.0 Å². The van der Waals surface area contributed by atoms with Crippen LogP contribution in [0, 0.1) is 23.6 Å². The van der Waals surface area contributed by atoms with E-state index in [1.165, 1.54) is 12.1 Å². The van der Waals surface area contributed by atoms with Gasteiger partial charge in [-0.05, 0) is 37.0 Å². The van der Waals surface area contributed by atoms with Crippen LogP contribution in [0.1, 0.15) is 42.1 Å². The predicted octanol–water partition coefficient (Wildman–Crippen LogP) is 2.43. The minimum Gasteiger partial charge on any atom is -0.395 e. The summed E-state index contributed by atoms with van der Waals surface area (Å²) in [6.07, 6.45) is 2.30. The highest BCUT2D eigenvalue weighted by atomic mass is 19.1. The Balaban J connectivity index is 2.10. The number of hydrogen-bond donors (Lipinski definition) is 1. The molecule has 0 atom stereocenters. The van der Waals surface area contributed by atoms with Gasteiger partial charge in [0.25, 0.3) is 5.91 Å². The molecule has 1 aromatic rings. The third-order valence-corrected chi connectivity index (χ3v) is 3.74. The minimum atomic E-state index is -0.533. The molecule has 1 fully saturated rings. The molecule has 0 saturated carbocycles. The summed E-state index contributed by atoms with van der Waals surface area (Å²) >= 11 is 0. The Morgan fingerprint density at radius 1 is 1.43 bits per heavy atom. The number of piperidine rings is 1. The molecule has 1 saturated heterocycles. The van der Waals surface area contributed by atoms with Crippen LogP contribution in [0.25, 0.3) is 0 Å². The van der Waals surface area contributed by atoms with Gasteiger partial charge in [0, 0.05) is 25.1 Å². The van der Waals surface area contributed by atoms with E-state index >= 15 is 0 Å². The Labute approximate surface area is 124 Å². The van der Waals surface area contributed by atoms with Crippen LogP contribution in [0.5, 0.6) is 0 Å². The standard InChI is InChI=1S/C17H20FNO2/c1-13-7-9-19(10-8-13)17(21)15-6-5-14(12-16(15)18)4-2-3-11-20/h5-6,12-13,20H,3,7-11H2,1H3. The van der Waals surface area contributed by atoms with Gasteiger partial charge >= 0.3 is 0 Å². The molecule has 0 unspecified atom stereocenters. The van der Waals surface area contributed by atoms with Crippen molar-refractivity contribution in [2.45, 2.75) is 26.2 Å².